The van der Waals surface area contributed by atoms with Crippen molar-refractivity contribution >= 4 is 11.9 Å². The maximum absolute atomic E-state index is 11.6. The number of hydrogen-bond acceptors (Lipinski definition) is 6. The van der Waals surface area contributed by atoms with Gasteiger partial charge in [0.05, 0.1) is 67.6 Å². The van der Waals surface area contributed by atoms with E-state index in [0.717, 1.165) is 0 Å². The van der Waals surface area contributed by atoms with Crippen molar-refractivity contribution in [3.63, 3.8) is 0 Å². The summed E-state index contributed by atoms with van der Waals surface area (Å²) in [6, 6.07) is 0. The highest BCUT2D eigenvalue weighted by Crippen LogP contribution is 2.02. The van der Waals surface area contributed by atoms with E-state index in [1.807, 2.05) is 0 Å². The zero-order valence-corrected chi connectivity index (χ0v) is 14.3. The molecule has 0 saturated heterocycles. The predicted molar refractivity (Wildman–Crippen MR) is 74.8 cm³/mol. The lowest BCUT2D eigenvalue weighted by atomic mass is 10.3. The molecule has 0 aromatic rings. The van der Waals surface area contributed by atoms with E-state index in [1.165, 1.54) is 0 Å². The van der Waals surface area contributed by atoms with Crippen LogP contribution in [0.5, 0.6) is 0 Å². The van der Waals surface area contributed by atoms with Gasteiger partial charge in [0.25, 0.3) is 0 Å². The van der Waals surface area contributed by atoms with Gasteiger partial charge < -0.3 is 28.7 Å². The molecule has 0 spiro atoms. The average molecular weight is 320 g/mol. The fourth-order valence-corrected chi connectivity index (χ4v) is 1.12. The summed E-state index contributed by atoms with van der Waals surface area (Å²) in [7, 11) is 10.2. The van der Waals surface area contributed by atoms with Crippen molar-refractivity contribution in [3.8, 4) is 0 Å². The first-order valence-corrected chi connectivity index (χ1v) is 7.09. The van der Waals surface area contributed by atoms with Gasteiger partial charge in [0.15, 0.2) is 0 Å². The van der Waals surface area contributed by atoms with Gasteiger partial charge in [-0.05, 0) is 0 Å². The highest BCUT2D eigenvalue weighted by atomic mass is 16.6. The number of ether oxygens (including phenoxy) is 2. The van der Waals surface area contributed by atoms with E-state index in [-0.39, 0.29) is 35.0 Å². The van der Waals surface area contributed by atoms with Crippen molar-refractivity contribution in [2.24, 2.45) is 0 Å². The second-order valence-electron chi connectivity index (χ2n) is 7.01. The van der Waals surface area contributed by atoms with Crippen LogP contribution in [0.2, 0.25) is 0 Å². The molecule has 0 aliphatic carbocycles. The van der Waals surface area contributed by atoms with Gasteiger partial charge >= 0.3 is 11.9 Å². The second kappa shape index (κ2) is 8.42. The summed E-state index contributed by atoms with van der Waals surface area (Å²) >= 11 is 0. The Labute approximate surface area is 132 Å². The molecule has 0 radical (unpaired) electrons. The smallest absolute Gasteiger partial charge is 0.306 e. The molecule has 130 valence electrons. The van der Waals surface area contributed by atoms with Gasteiger partial charge in [-0.3, -0.25) is 9.59 Å². The lowest BCUT2D eigenvalue weighted by Crippen LogP contribution is -2.55. The van der Waals surface area contributed by atoms with E-state index in [2.05, 4.69) is 0 Å². The lowest BCUT2D eigenvalue weighted by Gasteiger charge is -2.38. The zero-order valence-electron chi connectivity index (χ0n) is 14.3. The SMILES string of the molecule is C[N+](C)(C)C([O-])COC(=O)CCC(=O)OCC([O-])[N+](C)(C)C. The Kier molecular flexibility index (Phi) is 7.96. The minimum atomic E-state index is -1.08. The van der Waals surface area contributed by atoms with Gasteiger partial charge in [0.1, 0.15) is 13.2 Å². The van der Waals surface area contributed by atoms with Crippen LogP contribution in [0.3, 0.4) is 0 Å². The molecule has 0 aliphatic rings. The number of carbonyl (C=O) groups excluding carboxylic acids is 2. The first-order valence-electron chi connectivity index (χ1n) is 7.09. The monoisotopic (exact) mass is 320 g/mol. The van der Waals surface area contributed by atoms with Crippen molar-refractivity contribution in [1.82, 2.24) is 0 Å². The summed E-state index contributed by atoms with van der Waals surface area (Å²) in [5, 5.41) is 23.3. The van der Waals surface area contributed by atoms with Gasteiger partial charge in [0, 0.05) is 0 Å². The highest BCUT2D eigenvalue weighted by Gasteiger charge is 2.17. The Morgan fingerprint density at radius 1 is 0.773 bits per heavy atom. The van der Waals surface area contributed by atoms with Crippen LogP contribution in [0, 0.1) is 0 Å². The highest BCUT2D eigenvalue weighted by molar-refractivity contribution is 5.77. The quantitative estimate of drug-likeness (QED) is 0.268. The predicted octanol–water partition coefficient (Wildman–Crippen LogP) is -2.36. The molecule has 0 aliphatic heterocycles. The third-order valence-electron chi connectivity index (χ3n) is 3.03. The van der Waals surface area contributed by atoms with Gasteiger partial charge in [-0.2, -0.15) is 0 Å². The summed E-state index contributed by atoms with van der Waals surface area (Å²) in [6.45, 7) is -0.497. The second-order valence-corrected chi connectivity index (χ2v) is 7.01. The summed E-state index contributed by atoms with van der Waals surface area (Å²) in [5.74, 6) is -1.26. The van der Waals surface area contributed by atoms with Crippen LogP contribution in [0.1, 0.15) is 12.8 Å². The van der Waals surface area contributed by atoms with E-state index >= 15 is 0 Å². The van der Waals surface area contributed by atoms with Crippen LogP contribution in [-0.2, 0) is 19.1 Å². The Morgan fingerprint density at radius 3 is 1.27 bits per heavy atom. The third-order valence-corrected chi connectivity index (χ3v) is 3.03. The third kappa shape index (κ3) is 8.93. The molecule has 0 rings (SSSR count). The Morgan fingerprint density at radius 2 is 1.05 bits per heavy atom. The normalized spacial score (nSPS) is 15.1. The maximum atomic E-state index is 11.6. The molecule has 0 aromatic heterocycles. The largest absolute Gasteiger partial charge is 0.804 e. The topological polar surface area (TPSA) is 98.7 Å². The molecule has 0 N–H and O–H groups in total. The van der Waals surface area contributed by atoms with E-state index in [4.69, 9.17) is 9.47 Å². The molecule has 8 nitrogen and oxygen atoms in total. The van der Waals surface area contributed by atoms with E-state index in [1.54, 1.807) is 42.3 Å². The summed E-state index contributed by atoms with van der Waals surface area (Å²) in [6.07, 6.45) is -2.50. The van der Waals surface area contributed by atoms with Crippen molar-refractivity contribution in [1.29, 1.82) is 0 Å². The minimum absolute atomic E-state index is 0.130. The molecule has 0 saturated carbocycles. The summed E-state index contributed by atoms with van der Waals surface area (Å²) < 4.78 is 9.90. The fourth-order valence-electron chi connectivity index (χ4n) is 1.12. The van der Waals surface area contributed by atoms with Crippen LogP contribution >= 0.6 is 0 Å². The van der Waals surface area contributed by atoms with Crippen molar-refractivity contribution in [2.45, 2.75) is 25.3 Å². The molecule has 0 aromatic carbocycles. The number of hydrogen-bond donors (Lipinski definition) is 0. The van der Waals surface area contributed by atoms with Crippen LogP contribution in [0.15, 0.2) is 0 Å². The fraction of sp³-hybridized carbons (Fsp3) is 0.857. The number of rotatable bonds is 9. The van der Waals surface area contributed by atoms with Crippen LogP contribution < -0.4 is 10.2 Å². The first-order chi connectivity index (χ1) is 9.84. The van der Waals surface area contributed by atoms with Gasteiger partial charge in [-0.15, -0.1) is 0 Å². The van der Waals surface area contributed by atoms with Crippen LogP contribution in [-0.4, -0.2) is 88.9 Å². The van der Waals surface area contributed by atoms with Crippen molar-refractivity contribution < 1.29 is 38.2 Å². The van der Waals surface area contributed by atoms with Gasteiger partial charge in [0.2, 0.25) is 0 Å². The number of carbonyl (C=O) groups is 2. The molecule has 8 heteroatoms. The molecule has 2 atom stereocenters. The van der Waals surface area contributed by atoms with E-state index in [0.29, 0.717) is 0 Å². The average Bonchev–Trinajstić information content (AvgIpc) is 2.37. The molecular formula is C14H28N2O6. The van der Waals surface area contributed by atoms with Gasteiger partial charge in [-0.25, -0.2) is 0 Å². The molecule has 0 amide bonds. The van der Waals surface area contributed by atoms with E-state index in [9.17, 15) is 19.8 Å². The molecule has 0 heterocycles. The summed E-state index contributed by atoms with van der Waals surface area (Å²) in [5.41, 5.74) is 0. The Balaban J connectivity index is 3.94. The molecule has 0 bridgehead atoms. The molecule has 0 fully saturated rings. The molecule has 22 heavy (non-hydrogen) atoms. The maximum Gasteiger partial charge on any atom is 0.306 e. The zero-order chi connectivity index (χ0) is 17.6. The standard InChI is InChI=1S/C14H28N2O6/c1-15(2,3)11(17)9-21-13(19)7-8-14(20)22-10-12(18)16(4,5)6/h11-12H,7-10H2,1-6H3. The van der Waals surface area contributed by atoms with Crippen molar-refractivity contribution in [2.75, 3.05) is 55.5 Å². The van der Waals surface area contributed by atoms with Gasteiger partial charge in [-0.1, -0.05) is 0 Å². The minimum Gasteiger partial charge on any atom is -0.804 e. The van der Waals surface area contributed by atoms with Crippen LogP contribution in [0.4, 0.5) is 0 Å². The first kappa shape index (κ1) is 20.8. The number of likely N-dealkylation sites (N-methyl/N-ethyl adjacent to an activating group) is 2. The number of nitrogens with zero attached hydrogens (tertiary/aromatic N) is 2. The van der Waals surface area contributed by atoms with Crippen LogP contribution in [0.25, 0.3) is 0 Å². The Hall–Kier alpha value is -1.22. The molecule has 2 unspecified atom stereocenters. The lowest BCUT2D eigenvalue weighted by molar-refractivity contribution is -0.969. The number of esters is 2. The molecular weight excluding hydrogens is 292 g/mol. The summed E-state index contributed by atoms with van der Waals surface area (Å²) in [4.78, 5) is 22.9. The van der Waals surface area contributed by atoms with E-state index < -0.39 is 24.4 Å². The van der Waals surface area contributed by atoms with Crippen molar-refractivity contribution in [3.05, 3.63) is 0 Å². The number of quaternary nitrogens is 2. The Bertz CT molecular complexity index is 337.